The first-order valence-electron chi connectivity index (χ1n) is 4.18. The van der Waals surface area contributed by atoms with Crippen LogP contribution < -0.4 is 0 Å². The van der Waals surface area contributed by atoms with E-state index in [1.807, 2.05) is 24.3 Å². The van der Waals surface area contributed by atoms with Gasteiger partial charge in [-0.15, -0.1) is 0 Å². The van der Waals surface area contributed by atoms with Crippen molar-refractivity contribution in [2.75, 3.05) is 0 Å². The van der Waals surface area contributed by atoms with E-state index in [-0.39, 0.29) is 0 Å². The molecule has 2 rings (SSSR count). The number of benzene rings is 1. The summed E-state index contributed by atoms with van der Waals surface area (Å²) in [5.41, 5.74) is 1.61. The molecule has 0 fully saturated rings. The molecule has 0 aliphatic heterocycles. The van der Waals surface area contributed by atoms with Crippen molar-refractivity contribution >= 4 is 43.5 Å². The number of aromatic nitrogens is 1. The van der Waals surface area contributed by atoms with Gasteiger partial charge in [0.1, 0.15) is 11.5 Å². The van der Waals surface area contributed by atoms with Crippen LogP contribution in [-0.4, -0.2) is 5.16 Å². The zero-order valence-corrected chi connectivity index (χ0v) is 11.4. The molecule has 0 amide bonds. The van der Waals surface area contributed by atoms with Gasteiger partial charge in [-0.2, -0.15) is 0 Å². The molecule has 0 aliphatic rings. The van der Waals surface area contributed by atoms with Crippen LogP contribution in [0.2, 0.25) is 5.02 Å². The summed E-state index contributed by atoms with van der Waals surface area (Å²) >= 11 is 12.8. The Morgan fingerprint density at radius 3 is 2.87 bits per heavy atom. The number of halogens is 3. The second-order valence-electron chi connectivity index (χ2n) is 2.91. The molecule has 0 N–H and O–H groups in total. The van der Waals surface area contributed by atoms with Gasteiger partial charge in [-0.05, 0) is 22.0 Å². The largest absolute Gasteiger partial charge is 0.360 e. The maximum Gasteiger partial charge on any atom is 0.147 e. The molecule has 0 saturated carbocycles. The van der Waals surface area contributed by atoms with Crippen LogP contribution in [0.15, 0.2) is 33.3 Å². The highest BCUT2D eigenvalue weighted by atomic mass is 79.9. The van der Waals surface area contributed by atoms with Gasteiger partial charge in [0.05, 0.1) is 10.4 Å². The molecule has 0 saturated heterocycles. The Balaban J connectivity index is 2.49. The van der Waals surface area contributed by atoms with E-state index in [0.29, 0.717) is 10.4 Å². The Labute approximate surface area is 109 Å². The highest BCUT2D eigenvalue weighted by molar-refractivity contribution is 9.10. The van der Waals surface area contributed by atoms with Crippen LogP contribution in [0, 0.1) is 0 Å². The topological polar surface area (TPSA) is 26.0 Å². The third-order valence-electron chi connectivity index (χ3n) is 1.92. The van der Waals surface area contributed by atoms with E-state index >= 15 is 0 Å². The lowest BCUT2D eigenvalue weighted by molar-refractivity contribution is 0.398. The highest BCUT2D eigenvalue weighted by Crippen LogP contribution is 2.33. The van der Waals surface area contributed by atoms with Crippen molar-refractivity contribution in [3.63, 3.8) is 0 Å². The maximum absolute atomic E-state index is 6.14. The summed E-state index contributed by atoms with van der Waals surface area (Å²) in [6, 6.07) is 7.57. The van der Waals surface area contributed by atoms with Gasteiger partial charge in [0.2, 0.25) is 0 Å². The van der Waals surface area contributed by atoms with Crippen molar-refractivity contribution in [3.05, 3.63) is 39.5 Å². The molecule has 2 aromatic rings. The van der Waals surface area contributed by atoms with Crippen molar-refractivity contribution in [1.29, 1.82) is 0 Å². The zero-order chi connectivity index (χ0) is 10.8. The minimum Gasteiger partial charge on any atom is -0.360 e. The van der Waals surface area contributed by atoms with Crippen LogP contribution in [0.3, 0.4) is 0 Å². The molecular formula is C10H6Br2ClNO. The van der Waals surface area contributed by atoms with E-state index in [2.05, 4.69) is 37.0 Å². The molecular weight excluding hydrogens is 345 g/mol. The molecule has 0 unspecified atom stereocenters. The monoisotopic (exact) mass is 349 g/mol. The molecule has 1 aromatic carbocycles. The van der Waals surface area contributed by atoms with Gasteiger partial charge in [0.15, 0.2) is 0 Å². The number of hydrogen-bond acceptors (Lipinski definition) is 2. The first-order valence-corrected chi connectivity index (χ1v) is 6.47. The average molecular weight is 351 g/mol. The molecule has 1 aromatic heterocycles. The fourth-order valence-corrected chi connectivity index (χ4v) is 2.06. The summed E-state index contributed by atoms with van der Waals surface area (Å²) in [4.78, 5) is 0. The maximum atomic E-state index is 6.14. The second kappa shape index (κ2) is 4.68. The van der Waals surface area contributed by atoms with Gasteiger partial charge in [0, 0.05) is 16.1 Å². The number of alkyl halides is 1. The smallest absolute Gasteiger partial charge is 0.147 e. The predicted octanol–water partition coefficient (Wildman–Crippen LogP) is 4.65. The second-order valence-corrected chi connectivity index (χ2v) is 4.71. The Hall–Kier alpha value is -0.320. The van der Waals surface area contributed by atoms with Crippen LogP contribution >= 0.6 is 43.5 Å². The first kappa shape index (κ1) is 11.2. The normalized spacial score (nSPS) is 10.6. The van der Waals surface area contributed by atoms with Gasteiger partial charge in [-0.1, -0.05) is 44.8 Å². The van der Waals surface area contributed by atoms with E-state index in [9.17, 15) is 0 Å². The summed E-state index contributed by atoms with van der Waals surface area (Å²) in [6.07, 6.45) is 0. The SMILES string of the molecule is Clc1c(Br)cccc1-c1cc(CBr)on1. The van der Waals surface area contributed by atoms with Gasteiger partial charge in [0.25, 0.3) is 0 Å². The lowest BCUT2D eigenvalue weighted by atomic mass is 10.1. The predicted molar refractivity (Wildman–Crippen MR) is 67.3 cm³/mol. The van der Waals surface area contributed by atoms with Crippen LogP contribution in [0.4, 0.5) is 0 Å². The van der Waals surface area contributed by atoms with Crippen LogP contribution in [0.25, 0.3) is 11.3 Å². The molecule has 1 heterocycles. The average Bonchev–Trinajstić information content (AvgIpc) is 2.70. The van der Waals surface area contributed by atoms with Gasteiger partial charge in [-0.3, -0.25) is 0 Å². The van der Waals surface area contributed by atoms with Gasteiger partial charge < -0.3 is 4.52 Å². The van der Waals surface area contributed by atoms with E-state index in [1.54, 1.807) is 0 Å². The highest BCUT2D eigenvalue weighted by Gasteiger charge is 2.10. The number of nitrogens with zero attached hydrogens (tertiary/aromatic N) is 1. The minimum atomic E-state index is 0.644. The van der Waals surface area contributed by atoms with Crippen molar-refractivity contribution < 1.29 is 4.52 Å². The third kappa shape index (κ3) is 2.27. The quantitative estimate of drug-likeness (QED) is 0.736. The van der Waals surface area contributed by atoms with Crippen molar-refractivity contribution in [2.24, 2.45) is 0 Å². The van der Waals surface area contributed by atoms with E-state index in [1.165, 1.54) is 0 Å². The molecule has 78 valence electrons. The van der Waals surface area contributed by atoms with Gasteiger partial charge in [-0.25, -0.2) is 0 Å². The molecule has 0 radical (unpaired) electrons. The zero-order valence-electron chi connectivity index (χ0n) is 7.51. The number of hydrogen-bond donors (Lipinski definition) is 0. The molecule has 5 heteroatoms. The number of rotatable bonds is 2. The van der Waals surface area contributed by atoms with Crippen molar-refractivity contribution in [1.82, 2.24) is 5.16 Å². The van der Waals surface area contributed by atoms with Crippen LogP contribution in [0.5, 0.6) is 0 Å². The van der Waals surface area contributed by atoms with Crippen molar-refractivity contribution in [2.45, 2.75) is 5.33 Å². The summed E-state index contributed by atoms with van der Waals surface area (Å²) in [5, 5.41) is 5.24. The fraction of sp³-hybridized carbons (Fsp3) is 0.100. The lowest BCUT2D eigenvalue weighted by Gasteiger charge is -2.00. The van der Waals surface area contributed by atoms with E-state index < -0.39 is 0 Å². The Morgan fingerprint density at radius 2 is 2.20 bits per heavy atom. The Morgan fingerprint density at radius 1 is 1.40 bits per heavy atom. The lowest BCUT2D eigenvalue weighted by Crippen LogP contribution is -1.79. The standard InChI is InChI=1S/C10H6Br2ClNO/c11-5-6-4-9(14-15-6)7-2-1-3-8(12)10(7)13/h1-4H,5H2. The van der Waals surface area contributed by atoms with Crippen LogP contribution in [-0.2, 0) is 5.33 Å². The summed E-state index contributed by atoms with van der Waals surface area (Å²) in [6.45, 7) is 0. The molecule has 15 heavy (non-hydrogen) atoms. The van der Waals surface area contributed by atoms with E-state index in [0.717, 1.165) is 21.5 Å². The summed E-state index contributed by atoms with van der Waals surface area (Å²) in [7, 11) is 0. The molecule has 0 bridgehead atoms. The van der Waals surface area contributed by atoms with E-state index in [4.69, 9.17) is 16.1 Å². The van der Waals surface area contributed by atoms with Crippen molar-refractivity contribution in [3.8, 4) is 11.3 Å². The summed E-state index contributed by atoms with van der Waals surface area (Å²) in [5.74, 6) is 0.779. The molecule has 0 spiro atoms. The molecule has 0 atom stereocenters. The summed E-state index contributed by atoms with van der Waals surface area (Å²) < 4.78 is 5.94. The van der Waals surface area contributed by atoms with Gasteiger partial charge >= 0.3 is 0 Å². The Kier molecular flexibility index (Phi) is 3.49. The Bertz CT molecular complexity index is 484. The molecule has 2 nitrogen and oxygen atoms in total. The van der Waals surface area contributed by atoms with Crippen LogP contribution in [0.1, 0.15) is 5.76 Å². The first-order chi connectivity index (χ1) is 7.22. The fourth-order valence-electron chi connectivity index (χ4n) is 1.20. The molecule has 0 aliphatic carbocycles. The minimum absolute atomic E-state index is 0.644. The third-order valence-corrected chi connectivity index (χ3v) is 3.77.